The molecule has 0 radical (unpaired) electrons. The Labute approximate surface area is 134 Å². The molecule has 1 aromatic heterocycles. The molecule has 0 fully saturated rings. The topological polar surface area (TPSA) is 78.2 Å². The lowest BCUT2D eigenvalue weighted by atomic mass is 10.2. The van der Waals surface area contributed by atoms with E-state index in [0.29, 0.717) is 15.9 Å². The first-order valence-electron chi connectivity index (χ1n) is 6.06. The quantitative estimate of drug-likeness (QED) is 0.514. The number of fused-ring (bicyclic) bond motifs is 1. The second-order valence-corrected chi connectivity index (χ2v) is 5.18. The van der Waals surface area contributed by atoms with Gasteiger partial charge in [-0.05, 0) is 30.3 Å². The summed E-state index contributed by atoms with van der Waals surface area (Å²) in [5.41, 5.74) is 0.336. The molecule has 0 saturated carbocycles. The van der Waals surface area contributed by atoms with E-state index < -0.39 is 4.92 Å². The Balaban J connectivity index is 2.09. The van der Waals surface area contributed by atoms with Crippen molar-refractivity contribution in [3.8, 4) is 11.6 Å². The Bertz CT molecular complexity index is 886. The lowest BCUT2D eigenvalue weighted by Crippen LogP contribution is -1.96. The number of nitrogens with zero attached hydrogens (tertiary/aromatic N) is 3. The van der Waals surface area contributed by atoms with Gasteiger partial charge in [0.25, 0.3) is 0 Å². The fourth-order valence-corrected chi connectivity index (χ4v) is 2.24. The van der Waals surface area contributed by atoms with Crippen molar-refractivity contribution in [1.82, 2.24) is 9.97 Å². The van der Waals surface area contributed by atoms with Crippen molar-refractivity contribution in [2.45, 2.75) is 0 Å². The minimum Gasteiger partial charge on any atom is -0.431 e. The highest BCUT2D eigenvalue weighted by Crippen LogP contribution is 2.35. The van der Waals surface area contributed by atoms with Crippen LogP contribution in [-0.2, 0) is 0 Å². The maximum absolute atomic E-state index is 11.1. The Hall–Kier alpha value is -2.44. The van der Waals surface area contributed by atoms with Gasteiger partial charge in [0.2, 0.25) is 11.6 Å². The van der Waals surface area contributed by atoms with Gasteiger partial charge in [-0.2, -0.15) is 0 Å². The first kappa shape index (κ1) is 14.5. The summed E-state index contributed by atoms with van der Waals surface area (Å²) in [6.45, 7) is 0. The molecule has 0 unspecified atom stereocenters. The molecule has 6 nitrogen and oxygen atoms in total. The number of halogens is 2. The van der Waals surface area contributed by atoms with Crippen molar-refractivity contribution < 1.29 is 9.66 Å². The largest absolute Gasteiger partial charge is 0.431 e. The zero-order chi connectivity index (χ0) is 15.7. The SMILES string of the molecule is O=[N+]([O-])c1cc(Cl)ccc1Oc1ncnc2cc(Cl)ccc12. The van der Waals surface area contributed by atoms with E-state index in [1.165, 1.54) is 24.5 Å². The van der Waals surface area contributed by atoms with Crippen molar-refractivity contribution in [3.05, 3.63) is 62.9 Å². The van der Waals surface area contributed by atoms with Gasteiger partial charge in [0.1, 0.15) is 6.33 Å². The molecule has 110 valence electrons. The molecular formula is C14H7Cl2N3O3. The van der Waals surface area contributed by atoms with Gasteiger partial charge < -0.3 is 4.74 Å². The standard InChI is InChI=1S/C14H7Cl2N3O3/c15-8-1-3-10-11(5-8)17-7-18-14(10)22-13-4-2-9(16)6-12(13)19(20)21/h1-7H. The van der Waals surface area contributed by atoms with Crippen LogP contribution in [0.2, 0.25) is 10.0 Å². The van der Waals surface area contributed by atoms with Crippen molar-refractivity contribution >= 4 is 39.8 Å². The highest BCUT2D eigenvalue weighted by molar-refractivity contribution is 6.31. The molecule has 0 spiro atoms. The number of ether oxygens (including phenoxy) is 1. The maximum atomic E-state index is 11.1. The van der Waals surface area contributed by atoms with Crippen LogP contribution < -0.4 is 4.74 Å². The lowest BCUT2D eigenvalue weighted by Gasteiger charge is -2.08. The number of aromatic nitrogens is 2. The molecule has 3 aromatic rings. The van der Waals surface area contributed by atoms with Crippen molar-refractivity contribution in [2.24, 2.45) is 0 Å². The van der Waals surface area contributed by atoms with Crippen LogP contribution in [0.3, 0.4) is 0 Å². The molecular weight excluding hydrogens is 329 g/mol. The third kappa shape index (κ3) is 2.79. The van der Waals surface area contributed by atoms with E-state index in [9.17, 15) is 10.1 Å². The molecule has 3 rings (SSSR count). The number of hydrogen-bond acceptors (Lipinski definition) is 5. The van der Waals surface area contributed by atoms with Crippen LogP contribution in [0.1, 0.15) is 0 Å². The van der Waals surface area contributed by atoms with E-state index in [-0.39, 0.29) is 22.3 Å². The summed E-state index contributed by atoms with van der Waals surface area (Å²) in [6.07, 6.45) is 1.30. The van der Waals surface area contributed by atoms with Gasteiger partial charge in [0.05, 0.1) is 15.8 Å². The third-order valence-corrected chi connectivity index (χ3v) is 3.36. The number of nitro benzene ring substituents is 1. The van der Waals surface area contributed by atoms with E-state index in [4.69, 9.17) is 27.9 Å². The fraction of sp³-hybridized carbons (Fsp3) is 0. The maximum Gasteiger partial charge on any atom is 0.313 e. The first-order valence-corrected chi connectivity index (χ1v) is 6.82. The molecule has 1 heterocycles. The average Bonchev–Trinajstić information content (AvgIpc) is 2.48. The zero-order valence-corrected chi connectivity index (χ0v) is 12.4. The van der Waals surface area contributed by atoms with Crippen LogP contribution in [0.5, 0.6) is 11.6 Å². The van der Waals surface area contributed by atoms with Crippen molar-refractivity contribution in [3.63, 3.8) is 0 Å². The van der Waals surface area contributed by atoms with Gasteiger partial charge in [-0.15, -0.1) is 0 Å². The minimum atomic E-state index is -0.568. The van der Waals surface area contributed by atoms with E-state index >= 15 is 0 Å². The predicted octanol–water partition coefficient (Wildman–Crippen LogP) is 4.64. The zero-order valence-electron chi connectivity index (χ0n) is 10.9. The fourth-order valence-electron chi connectivity index (χ4n) is 1.91. The highest BCUT2D eigenvalue weighted by atomic mass is 35.5. The predicted molar refractivity (Wildman–Crippen MR) is 82.7 cm³/mol. The normalized spacial score (nSPS) is 10.6. The van der Waals surface area contributed by atoms with Crippen LogP contribution in [0.4, 0.5) is 5.69 Å². The van der Waals surface area contributed by atoms with Crippen LogP contribution in [0.25, 0.3) is 10.9 Å². The Kier molecular flexibility index (Phi) is 3.79. The van der Waals surface area contributed by atoms with E-state index in [1.807, 2.05) is 0 Å². The molecule has 2 aromatic carbocycles. The number of hydrogen-bond donors (Lipinski definition) is 0. The minimum absolute atomic E-state index is 0.0457. The summed E-state index contributed by atoms with van der Waals surface area (Å²) < 4.78 is 5.58. The third-order valence-electron chi connectivity index (χ3n) is 2.89. The number of benzene rings is 2. The van der Waals surface area contributed by atoms with Crippen molar-refractivity contribution in [2.75, 3.05) is 0 Å². The smallest absolute Gasteiger partial charge is 0.313 e. The van der Waals surface area contributed by atoms with E-state index in [0.717, 1.165) is 0 Å². The molecule has 0 aliphatic carbocycles. The van der Waals surface area contributed by atoms with Gasteiger partial charge >= 0.3 is 5.69 Å². The van der Waals surface area contributed by atoms with Gasteiger partial charge in [-0.25, -0.2) is 9.97 Å². The monoisotopic (exact) mass is 335 g/mol. The molecule has 0 saturated heterocycles. The molecule has 0 bridgehead atoms. The molecule has 0 N–H and O–H groups in total. The lowest BCUT2D eigenvalue weighted by molar-refractivity contribution is -0.385. The number of rotatable bonds is 3. The average molecular weight is 336 g/mol. The van der Waals surface area contributed by atoms with Gasteiger partial charge in [-0.1, -0.05) is 23.2 Å². The van der Waals surface area contributed by atoms with Crippen molar-refractivity contribution in [1.29, 1.82) is 0 Å². The molecule has 22 heavy (non-hydrogen) atoms. The second kappa shape index (κ2) is 5.75. The van der Waals surface area contributed by atoms with E-state index in [2.05, 4.69) is 9.97 Å². The summed E-state index contributed by atoms with van der Waals surface area (Å²) in [7, 11) is 0. The van der Waals surface area contributed by atoms with Crippen LogP contribution in [-0.4, -0.2) is 14.9 Å². The first-order chi connectivity index (χ1) is 10.5. The summed E-state index contributed by atoms with van der Waals surface area (Å²) in [4.78, 5) is 18.6. The molecule has 0 amide bonds. The number of nitro groups is 1. The Morgan fingerprint density at radius 3 is 2.55 bits per heavy atom. The van der Waals surface area contributed by atoms with Crippen LogP contribution in [0.15, 0.2) is 42.7 Å². The summed E-state index contributed by atoms with van der Waals surface area (Å²) in [5.74, 6) is 0.247. The second-order valence-electron chi connectivity index (χ2n) is 4.31. The summed E-state index contributed by atoms with van der Waals surface area (Å²) >= 11 is 11.7. The molecule has 0 atom stereocenters. The highest BCUT2D eigenvalue weighted by Gasteiger charge is 2.18. The van der Waals surface area contributed by atoms with Gasteiger partial charge in [0, 0.05) is 16.1 Å². The molecule has 0 aliphatic rings. The van der Waals surface area contributed by atoms with Gasteiger partial charge in [0.15, 0.2) is 0 Å². The summed E-state index contributed by atoms with van der Waals surface area (Å²) in [6, 6.07) is 9.15. The van der Waals surface area contributed by atoms with Crippen LogP contribution in [0, 0.1) is 10.1 Å². The molecule has 0 aliphatic heterocycles. The van der Waals surface area contributed by atoms with Crippen LogP contribution >= 0.6 is 23.2 Å². The van der Waals surface area contributed by atoms with E-state index in [1.54, 1.807) is 18.2 Å². The Morgan fingerprint density at radius 2 is 1.77 bits per heavy atom. The Morgan fingerprint density at radius 1 is 1.05 bits per heavy atom. The summed E-state index contributed by atoms with van der Waals surface area (Å²) in [5, 5.41) is 12.5. The van der Waals surface area contributed by atoms with Gasteiger partial charge in [-0.3, -0.25) is 10.1 Å². The molecule has 8 heteroatoms.